The van der Waals surface area contributed by atoms with Gasteiger partial charge in [0.1, 0.15) is 0 Å². The lowest BCUT2D eigenvalue weighted by molar-refractivity contribution is 0.270. The van der Waals surface area contributed by atoms with E-state index in [4.69, 9.17) is 5.11 Å². The van der Waals surface area contributed by atoms with Crippen molar-refractivity contribution in [1.29, 1.82) is 0 Å². The molecule has 0 saturated carbocycles. The summed E-state index contributed by atoms with van der Waals surface area (Å²) < 4.78 is 1.78. The zero-order valence-corrected chi connectivity index (χ0v) is 12.3. The Labute approximate surface area is 115 Å². The second-order valence-corrected chi connectivity index (χ2v) is 4.82. The van der Waals surface area contributed by atoms with Crippen molar-refractivity contribution in [2.75, 3.05) is 26.2 Å². The lowest BCUT2D eigenvalue weighted by Crippen LogP contribution is -2.38. The summed E-state index contributed by atoms with van der Waals surface area (Å²) in [5.74, 6) is 0. The van der Waals surface area contributed by atoms with Gasteiger partial charge in [-0.05, 0) is 26.4 Å². The van der Waals surface area contributed by atoms with Crippen LogP contribution in [0.25, 0.3) is 0 Å². The van der Waals surface area contributed by atoms with Gasteiger partial charge in [0.15, 0.2) is 0 Å². The van der Waals surface area contributed by atoms with Crippen LogP contribution in [0.1, 0.15) is 32.9 Å². The molecule has 0 amide bonds. The molecule has 1 aromatic heterocycles. The summed E-state index contributed by atoms with van der Waals surface area (Å²) in [7, 11) is 0. The number of aliphatic hydroxyl groups excluding tert-OH is 1. The predicted octanol–water partition coefficient (Wildman–Crippen LogP) is 0.480. The average Bonchev–Trinajstić information content (AvgIpc) is 2.88. The summed E-state index contributed by atoms with van der Waals surface area (Å²) in [4.78, 5) is 2.40. The largest absolute Gasteiger partial charge is 0.396 e. The second kappa shape index (κ2) is 9.01. The maximum Gasteiger partial charge on any atom is 0.0964 e. The number of likely N-dealkylation sites (N-methyl/N-ethyl adjacent to an activating group) is 1. The minimum atomic E-state index is 0.189. The third-order valence-corrected chi connectivity index (χ3v) is 3.19. The van der Waals surface area contributed by atoms with Gasteiger partial charge in [0, 0.05) is 38.5 Å². The third-order valence-electron chi connectivity index (χ3n) is 3.19. The van der Waals surface area contributed by atoms with Crippen LogP contribution in [-0.4, -0.2) is 57.3 Å². The molecule has 0 aliphatic rings. The van der Waals surface area contributed by atoms with E-state index in [2.05, 4.69) is 41.3 Å². The molecule has 1 atom stereocenters. The Hall–Kier alpha value is -0.980. The molecule has 1 rings (SSSR count). The summed E-state index contributed by atoms with van der Waals surface area (Å²) >= 11 is 0. The molecular weight excluding hydrogens is 242 g/mol. The number of hydrogen-bond acceptors (Lipinski definition) is 5. The van der Waals surface area contributed by atoms with Gasteiger partial charge in [-0.2, -0.15) is 0 Å². The van der Waals surface area contributed by atoms with Gasteiger partial charge < -0.3 is 15.3 Å². The van der Waals surface area contributed by atoms with Gasteiger partial charge in [-0.15, -0.1) is 5.10 Å². The molecule has 1 unspecified atom stereocenters. The molecule has 0 saturated heterocycles. The number of aromatic nitrogens is 3. The molecule has 19 heavy (non-hydrogen) atoms. The Kier molecular flexibility index (Phi) is 7.62. The zero-order chi connectivity index (χ0) is 14.1. The fourth-order valence-corrected chi connectivity index (χ4v) is 1.97. The summed E-state index contributed by atoms with van der Waals surface area (Å²) in [5, 5.41) is 20.4. The van der Waals surface area contributed by atoms with Crippen molar-refractivity contribution in [3.05, 3.63) is 11.9 Å². The first kappa shape index (κ1) is 16.1. The number of nitrogens with one attached hydrogen (secondary N) is 1. The monoisotopic (exact) mass is 269 g/mol. The maximum atomic E-state index is 8.76. The quantitative estimate of drug-likeness (QED) is 0.647. The lowest BCUT2D eigenvalue weighted by atomic mass is 10.3. The van der Waals surface area contributed by atoms with E-state index in [1.165, 1.54) is 0 Å². The van der Waals surface area contributed by atoms with Crippen LogP contribution in [0.15, 0.2) is 6.20 Å². The number of nitrogens with zero attached hydrogens (tertiary/aromatic N) is 4. The fourth-order valence-electron chi connectivity index (χ4n) is 1.97. The van der Waals surface area contributed by atoms with E-state index in [1.807, 2.05) is 6.20 Å². The van der Waals surface area contributed by atoms with Gasteiger partial charge in [0.2, 0.25) is 0 Å². The second-order valence-electron chi connectivity index (χ2n) is 4.82. The predicted molar refractivity (Wildman–Crippen MR) is 75.8 cm³/mol. The zero-order valence-electron chi connectivity index (χ0n) is 12.3. The van der Waals surface area contributed by atoms with Crippen molar-refractivity contribution in [3.8, 4) is 0 Å². The summed E-state index contributed by atoms with van der Waals surface area (Å²) in [5.41, 5.74) is 0.948. The van der Waals surface area contributed by atoms with Gasteiger partial charge in [-0.1, -0.05) is 19.1 Å². The normalized spacial score (nSPS) is 13.1. The number of rotatable bonds is 10. The molecular formula is C13H27N5O. The van der Waals surface area contributed by atoms with Gasteiger partial charge in [-0.25, -0.2) is 0 Å². The molecule has 0 aliphatic heterocycles. The van der Waals surface area contributed by atoms with E-state index in [9.17, 15) is 0 Å². The van der Waals surface area contributed by atoms with Crippen LogP contribution in [0.2, 0.25) is 0 Å². The first-order valence-electron chi connectivity index (χ1n) is 7.15. The molecule has 0 spiro atoms. The highest BCUT2D eigenvalue weighted by Crippen LogP contribution is 1.97. The van der Waals surface area contributed by atoms with E-state index in [0.717, 1.165) is 38.4 Å². The number of aryl methyl sites for hydroxylation is 1. The molecule has 0 radical (unpaired) electrons. The highest BCUT2D eigenvalue weighted by atomic mass is 16.3. The average molecular weight is 269 g/mol. The van der Waals surface area contributed by atoms with E-state index >= 15 is 0 Å². The van der Waals surface area contributed by atoms with Gasteiger partial charge in [0.05, 0.1) is 5.69 Å². The molecule has 2 N–H and O–H groups in total. The van der Waals surface area contributed by atoms with Crippen molar-refractivity contribution in [1.82, 2.24) is 25.2 Å². The van der Waals surface area contributed by atoms with Crippen LogP contribution in [0.5, 0.6) is 0 Å². The molecule has 110 valence electrons. The first-order chi connectivity index (χ1) is 9.19. The smallest absolute Gasteiger partial charge is 0.0964 e. The van der Waals surface area contributed by atoms with Crippen LogP contribution in [-0.2, 0) is 13.1 Å². The van der Waals surface area contributed by atoms with Gasteiger partial charge in [-0.3, -0.25) is 4.68 Å². The van der Waals surface area contributed by atoms with Crippen LogP contribution < -0.4 is 5.32 Å². The fraction of sp³-hybridized carbons (Fsp3) is 0.846. The molecule has 1 heterocycles. The molecule has 1 aromatic rings. The third kappa shape index (κ3) is 6.13. The van der Waals surface area contributed by atoms with Gasteiger partial charge in [0.25, 0.3) is 0 Å². The minimum absolute atomic E-state index is 0.189. The van der Waals surface area contributed by atoms with Crippen LogP contribution in [0.3, 0.4) is 0 Å². The van der Waals surface area contributed by atoms with E-state index in [0.29, 0.717) is 12.5 Å². The molecule has 0 aliphatic carbocycles. The van der Waals surface area contributed by atoms with Crippen LogP contribution in [0, 0.1) is 0 Å². The maximum absolute atomic E-state index is 8.76. The minimum Gasteiger partial charge on any atom is -0.396 e. The van der Waals surface area contributed by atoms with Crippen molar-refractivity contribution in [2.45, 2.75) is 46.3 Å². The van der Waals surface area contributed by atoms with E-state index < -0.39 is 0 Å². The molecule has 0 fully saturated rings. The Balaban J connectivity index is 2.29. The van der Waals surface area contributed by atoms with Crippen LogP contribution >= 0.6 is 0 Å². The lowest BCUT2D eigenvalue weighted by Gasteiger charge is -2.23. The Bertz CT molecular complexity index is 338. The van der Waals surface area contributed by atoms with Crippen molar-refractivity contribution in [3.63, 3.8) is 0 Å². The summed E-state index contributed by atoms with van der Waals surface area (Å²) in [6.07, 6.45) is 2.65. The molecule has 6 heteroatoms. The van der Waals surface area contributed by atoms with Crippen molar-refractivity contribution in [2.24, 2.45) is 0 Å². The first-order valence-corrected chi connectivity index (χ1v) is 7.15. The number of hydrogen-bond donors (Lipinski definition) is 2. The topological polar surface area (TPSA) is 66.2 Å². The Morgan fingerprint density at radius 1 is 1.42 bits per heavy atom. The van der Waals surface area contributed by atoms with E-state index in [-0.39, 0.29) is 6.61 Å². The molecule has 0 bridgehead atoms. The summed E-state index contributed by atoms with van der Waals surface area (Å²) in [6, 6.07) is 0.433. The highest BCUT2D eigenvalue weighted by Gasteiger charge is 2.07. The van der Waals surface area contributed by atoms with Crippen molar-refractivity contribution >= 4 is 0 Å². The summed E-state index contributed by atoms with van der Waals surface area (Å²) in [6.45, 7) is 11.4. The van der Waals surface area contributed by atoms with Gasteiger partial charge >= 0.3 is 0 Å². The Morgan fingerprint density at radius 3 is 2.79 bits per heavy atom. The highest BCUT2D eigenvalue weighted by molar-refractivity contribution is 4.92. The SMILES string of the molecule is CCN(CC)CC(C)NCc1cn(CCCO)nn1. The molecule has 0 aromatic carbocycles. The van der Waals surface area contributed by atoms with Crippen molar-refractivity contribution < 1.29 is 5.11 Å². The van der Waals surface area contributed by atoms with Crippen LogP contribution in [0.4, 0.5) is 0 Å². The standard InChI is InChI=1S/C13H27N5O/c1-4-17(5-2)10-12(3)14-9-13-11-18(16-15-13)7-6-8-19/h11-12,14,19H,4-10H2,1-3H3. The Morgan fingerprint density at radius 2 is 2.16 bits per heavy atom. The number of aliphatic hydroxyl groups is 1. The molecule has 6 nitrogen and oxygen atoms in total. The van der Waals surface area contributed by atoms with E-state index in [1.54, 1.807) is 4.68 Å².